The highest BCUT2D eigenvalue weighted by atomic mass is 16.4. The van der Waals surface area contributed by atoms with Crippen LogP contribution in [0.4, 0.5) is 0 Å². The second-order valence-corrected chi connectivity index (χ2v) is 11.1. The lowest BCUT2D eigenvalue weighted by Crippen LogP contribution is -2.17. The van der Waals surface area contributed by atoms with Crippen molar-refractivity contribution in [2.75, 3.05) is 0 Å². The van der Waals surface area contributed by atoms with E-state index in [2.05, 4.69) is 26.8 Å². The molecule has 0 aromatic carbocycles. The van der Waals surface area contributed by atoms with Gasteiger partial charge in [0.2, 0.25) is 0 Å². The number of aliphatic carboxylic acids is 1. The van der Waals surface area contributed by atoms with E-state index in [9.17, 15) is 24.6 Å². The largest absolute Gasteiger partial charge is 0.481 e. The highest BCUT2D eigenvalue weighted by Gasteiger charge is 2.34. The first-order valence-electron chi connectivity index (χ1n) is 14.1. The highest BCUT2D eigenvalue weighted by Crippen LogP contribution is 2.39. The van der Waals surface area contributed by atoms with Gasteiger partial charge in [0.25, 0.3) is 0 Å². The van der Waals surface area contributed by atoms with Crippen molar-refractivity contribution in [3.63, 3.8) is 0 Å². The maximum atomic E-state index is 12.7. The molecule has 218 valence electrons. The molecule has 1 fully saturated rings. The van der Waals surface area contributed by atoms with Crippen LogP contribution in [0.2, 0.25) is 0 Å². The lowest BCUT2D eigenvalue weighted by Gasteiger charge is -2.14. The summed E-state index contributed by atoms with van der Waals surface area (Å²) in [4.78, 5) is 46.9. The summed E-state index contributed by atoms with van der Waals surface area (Å²) in [6, 6.07) is 0. The summed E-state index contributed by atoms with van der Waals surface area (Å²) in [5.74, 6) is -2.19. The van der Waals surface area contributed by atoms with Gasteiger partial charge in [0.1, 0.15) is 0 Å². The molecule has 9 heteroatoms. The summed E-state index contributed by atoms with van der Waals surface area (Å²) in [6.07, 6.45) is 9.34. The normalized spacial score (nSPS) is 17.7. The number of carbonyl (C=O) groups is 3. The van der Waals surface area contributed by atoms with Gasteiger partial charge >= 0.3 is 11.9 Å². The van der Waals surface area contributed by atoms with E-state index in [1.54, 1.807) is 19.1 Å². The van der Waals surface area contributed by atoms with Crippen LogP contribution in [0, 0.1) is 32.6 Å². The number of H-pyrrole nitrogens is 3. The molecule has 0 amide bonds. The molecule has 6 N–H and O–H groups in total. The van der Waals surface area contributed by atoms with E-state index in [0.717, 1.165) is 51.0 Å². The van der Waals surface area contributed by atoms with Crippen molar-refractivity contribution in [1.82, 2.24) is 20.3 Å². The van der Waals surface area contributed by atoms with Gasteiger partial charge in [-0.1, -0.05) is 26.5 Å². The number of carboxylic acids is 2. The third kappa shape index (κ3) is 4.64. The number of rotatable bonds is 7. The first-order valence-corrected chi connectivity index (χ1v) is 14.1. The van der Waals surface area contributed by atoms with Crippen LogP contribution < -0.4 is 16.0 Å². The van der Waals surface area contributed by atoms with Crippen LogP contribution in [0.3, 0.4) is 0 Å². The molecular formula is C33H36N4O5. The van der Waals surface area contributed by atoms with Crippen LogP contribution in [-0.2, 0) is 16.0 Å². The van der Waals surface area contributed by atoms with Gasteiger partial charge in [-0.25, -0.2) is 4.79 Å². The van der Waals surface area contributed by atoms with Crippen LogP contribution in [0.25, 0.3) is 29.9 Å². The summed E-state index contributed by atoms with van der Waals surface area (Å²) in [7, 11) is 0. The molecule has 2 atom stereocenters. The maximum Gasteiger partial charge on any atom is 0.338 e. The second kappa shape index (κ2) is 10.9. The first kappa shape index (κ1) is 28.7. The van der Waals surface area contributed by atoms with E-state index in [4.69, 9.17) is 0 Å². The van der Waals surface area contributed by atoms with E-state index < -0.39 is 11.9 Å². The standard InChI is InChI=1S/C33H36N4O5/c1-7-19-17(5)31-22(14-38)32-20(8-2)15(3)24(36-32)11-23-16(4)21(9-10-29(39)40)27(34-23)13-28-30(33(41)42)18(6)25(35-28)12-26(19)37-31/h8,11-14,16,21,34-37H,2,7,9-10H2,1,3-6H3,(H,39,40)(H,41,42)/t16-,21-/m1/s1. The lowest BCUT2D eigenvalue weighted by atomic mass is 9.88. The minimum atomic E-state index is -1.06. The molecule has 5 rings (SSSR count). The van der Waals surface area contributed by atoms with Crippen LogP contribution in [0.1, 0.15) is 87.6 Å². The Kier molecular flexibility index (Phi) is 7.45. The third-order valence-electron chi connectivity index (χ3n) is 8.84. The summed E-state index contributed by atoms with van der Waals surface area (Å²) in [5.41, 5.74) is 9.06. The fourth-order valence-corrected chi connectivity index (χ4v) is 6.46. The van der Waals surface area contributed by atoms with E-state index >= 15 is 0 Å². The molecule has 9 nitrogen and oxygen atoms in total. The number of hydrogen-bond donors (Lipinski definition) is 6. The Bertz CT molecular complexity index is 1840. The van der Waals surface area contributed by atoms with Gasteiger partial charge in [0.15, 0.2) is 6.29 Å². The summed E-state index contributed by atoms with van der Waals surface area (Å²) in [5, 5.41) is 24.6. The number of nitrogens with one attached hydrogen (secondary N) is 4. The van der Waals surface area contributed by atoms with E-state index in [1.165, 1.54) is 0 Å². The molecule has 0 radical (unpaired) electrons. The van der Waals surface area contributed by atoms with Gasteiger partial charge in [0.05, 0.1) is 27.9 Å². The average molecular weight is 569 g/mol. The van der Waals surface area contributed by atoms with Crippen molar-refractivity contribution < 1.29 is 24.6 Å². The number of aromatic carboxylic acids is 1. The fraction of sp³-hybridized carbons (Fsp3) is 0.303. The molecule has 3 aromatic heterocycles. The molecule has 0 unspecified atom stereocenters. The molecule has 1 saturated heterocycles. The Labute approximate surface area is 243 Å². The van der Waals surface area contributed by atoms with E-state index in [0.29, 0.717) is 46.4 Å². The van der Waals surface area contributed by atoms with Gasteiger partial charge < -0.3 is 30.5 Å². The fourth-order valence-electron chi connectivity index (χ4n) is 6.46. The lowest BCUT2D eigenvalue weighted by molar-refractivity contribution is -0.137. The molecular weight excluding hydrogens is 532 g/mol. The van der Waals surface area contributed by atoms with E-state index in [1.807, 2.05) is 39.8 Å². The van der Waals surface area contributed by atoms with E-state index in [-0.39, 0.29) is 23.8 Å². The van der Waals surface area contributed by atoms with Crippen molar-refractivity contribution in [1.29, 1.82) is 0 Å². The monoisotopic (exact) mass is 568 g/mol. The van der Waals surface area contributed by atoms with Gasteiger partial charge in [-0.05, 0) is 74.1 Å². The Morgan fingerprint density at radius 3 is 2.26 bits per heavy atom. The molecule has 42 heavy (non-hydrogen) atoms. The van der Waals surface area contributed by atoms with Gasteiger partial charge in [-0.3, -0.25) is 9.59 Å². The third-order valence-corrected chi connectivity index (χ3v) is 8.84. The van der Waals surface area contributed by atoms with Crippen LogP contribution in [-0.4, -0.2) is 43.4 Å². The van der Waals surface area contributed by atoms with Crippen LogP contribution >= 0.6 is 0 Å². The number of hydrogen-bond acceptors (Lipinski definition) is 4. The molecule has 0 spiro atoms. The minimum Gasteiger partial charge on any atom is -0.481 e. The molecule has 0 saturated carbocycles. The molecule has 3 aromatic rings. The molecule has 5 heterocycles. The molecule has 8 bridgehead atoms. The molecule has 2 aliphatic rings. The summed E-state index contributed by atoms with van der Waals surface area (Å²) >= 11 is 0. The van der Waals surface area contributed by atoms with Crippen LogP contribution in [0.5, 0.6) is 0 Å². The molecule has 0 aliphatic carbocycles. The van der Waals surface area contributed by atoms with Crippen molar-refractivity contribution in [3.8, 4) is 0 Å². The SMILES string of the molecule is C=Cc1c2[nH]c(c1C)C=C1NC(=Cc3[nH]c(c(C)c3C(=O)O)C=c3[nH]c(c(C)c3CC)=C2C=O)[C@H](CCC(=O)O)[C@H]1C. The van der Waals surface area contributed by atoms with Gasteiger partial charge in [-0.15, -0.1) is 0 Å². The zero-order valence-corrected chi connectivity index (χ0v) is 24.5. The van der Waals surface area contributed by atoms with Crippen molar-refractivity contribution >= 4 is 48.1 Å². The Hall–Kier alpha value is -4.79. The topological polar surface area (TPSA) is 151 Å². The summed E-state index contributed by atoms with van der Waals surface area (Å²) < 4.78 is 0. The number of fused-ring (bicyclic) bond motifs is 8. The minimum absolute atomic E-state index is 0.0199. The number of carbonyl (C=O) groups excluding carboxylic acids is 1. The van der Waals surface area contributed by atoms with Crippen molar-refractivity contribution in [2.24, 2.45) is 11.8 Å². The first-order chi connectivity index (χ1) is 20.0. The highest BCUT2D eigenvalue weighted by molar-refractivity contribution is 6.07. The van der Waals surface area contributed by atoms with Crippen molar-refractivity contribution in [3.05, 3.63) is 84.8 Å². The summed E-state index contributed by atoms with van der Waals surface area (Å²) in [6.45, 7) is 13.8. The number of aromatic nitrogens is 3. The quantitative estimate of drug-likeness (QED) is 0.236. The number of carboxylic acid groups (broad SMARTS) is 2. The number of aldehydes is 1. The number of allylic oxidation sites excluding steroid dienone is 2. The smallest absolute Gasteiger partial charge is 0.338 e. The predicted octanol–water partition coefficient (Wildman–Crippen LogP) is 4.14. The molecule has 2 aliphatic heterocycles. The Morgan fingerprint density at radius 1 is 0.952 bits per heavy atom. The second-order valence-electron chi connectivity index (χ2n) is 11.1. The zero-order chi connectivity index (χ0) is 30.5. The predicted molar refractivity (Wildman–Crippen MR) is 163 cm³/mol. The maximum absolute atomic E-state index is 12.7. The Balaban J connectivity index is 1.91. The van der Waals surface area contributed by atoms with Crippen LogP contribution in [0.15, 0.2) is 18.0 Å². The van der Waals surface area contributed by atoms with Gasteiger partial charge in [0, 0.05) is 52.0 Å². The average Bonchev–Trinajstić information content (AvgIpc) is 3.61. The van der Waals surface area contributed by atoms with Crippen molar-refractivity contribution in [2.45, 2.75) is 53.9 Å². The zero-order valence-electron chi connectivity index (χ0n) is 24.5. The number of aromatic amines is 3. The Morgan fingerprint density at radius 2 is 1.64 bits per heavy atom. The van der Waals surface area contributed by atoms with Gasteiger partial charge in [-0.2, -0.15) is 0 Å².